The van der Waals surface area contributed by atoms with Crippen molar-refractivity contribution in [2.45, 2.75) is 91.4 Å². The summed E-state index contributed by atoms with van der Waals surface area (Å²) in [5.41, 5.74) is 0. The molecule has 0 unspecified atom stereocenters. The van der Waals surface area contributed by atoms with Crippen LogP contribution >= 0.6 is 0 Å². The van der Waals surface area contributed by atoms with Gasteiger partial charge in [0.1, 0.15) is 12.3 Å². The number of azo groups is 1. The van der Waals surface area contributed by atoms with Gasteiger partial charge in [-0.05, 0) is 37.2 Å². The standard InChI is InChI=1S/C18H36N2O2/c1-4-20(22)19-16-12-7-5-6-10-14-18(21)15-11-8-9-13-17(2)3/h17H,4-16H2,1-3H3. The topological polar surface area (TPSA) is 55.5 Å². The summed E-state index contributed by atoms with van der Waals surface area (Å²) in [6, 6.07) is 0. The van der Waals surface area contributed by atoms with Crippen LogP contribution in [0.25, 0.3) is 0 Å². The highest BCUT2D eigenvalue weighted by Crippen LogP contribution is 2.12. The Morgan fingerprint density at radius 2 is 1.50 bits per heavy atom. The molecule has 0 saturated carbocycles. The van der Waals surface area contributed by atoms with Gasteiger partial charge in [0, 0.05) is 12.8 Å². The van der Waals surface area contributed by atoms with Gasteiger partial charge < -0.3 is 5.21 Å². The zero-order valence-corrected chi connectivity index (χ0v) is 15.0. The predicted octanol–water partition coefficient (Wildman–Crippen LogP) is 5.49. The number of Topliss-reactive ketones (excluding diaryl/α,β-unsaturated/α-hetero) is 1. The SMILES string of the molecule is CC[N+]([O-])=NCCCCCCCC(=O)CCCCCC(C)C. The van der Waals surface area contributed by atoms with Gasteiger partial charge >= 0.3 is 0 Å². The second-order valence-corrected chi connectivity index (χ2v) is 6.58. The summed E-state index contributed by atoms with van der Waals surface area (Å²) in [7, 11) is 0. The first-order valence-corrected chi connectivity index (χ1v) is 9.20. The lowest BCUT2D eigenvalue weighted by molar-refractivity contribution is -0.526. The zero-order chi connectivity index (χ0) is 16.6. The summed E-state index contributed by atoms with van der Waals surface area (Å²) in [5, 5.41) is 14.8. The first-order chi connectivity index (χ1) is 10.6. The number of rotatable bonds is 15. The van der Waals surface area contributed by atoms with Crippen LogP contribution in [0.5, 0.6) is 0 Å². The molecule has 0 saturated heterocycles. The number of hydrogen-bond donors (Lipinski definition) is 0. The Balaban J connectivity index is 3.28. The van der Waals surface area contributed by atoms with E-state index in [1.165, 1.54) is 19.3 Å². The number of carbonyl (C=O) groups excluding carboxylic acids is 1. The summed E-state index contributed by atoms with van der Waals surface area (Å²) < 4.78 is 0. The van der Waals surface area contributed by atoms with Crippen LogP contribution < -0.4 is 0 Å². The molecule has 0 aromatic heterocycles. The second kappa shape index (κ2) is 15.0. The van der Waals surface area contributed by atoms with Crippen molar-refractivity contribution in [2.24, 2.45) is 11.0 Å². The van der Waals surface area contributed by atoms with Crippen molar-refractivity contribution in [3.8, 4) is 0 Å². The van der Waals surface area contributed by atoms with Gasteiger partial charge in [0.2, 0.25) is 0 Å². The molecule has 0 atom stereocenters. The molecule has 0 bridgehead atoms. The Morgan fingerprint density at radius 3 is 2.09 bits per heavy atom. The van der Waals surface area contributed by atoms with Crippen molar-refractivity contribution in [1.29, 1.82) is 0 Å². The van der Waals surface area contributed by atoms with Gasteiger partial charge in [-0.15, -0.1) is 0 Å². The summed E-state index contributed by atoms with van der Waals surface area (Å²) in [4.78, 5) is 12.5. The van der Waals surface area contributed by atoms with Crippen molar-refractivity contribution in [3.63, 3.8) is 0 Å². The number of ketones is 1. The van der Waals surface area contributed by atoms with Crippen LogP contribution in [0.3, 0.4) is 0 Å². The Bertz CT molecular complexity index is 301. The van der Waals surface area contributed by atoms with E-state index in [9.17, 15) is 10.0 Å². The van der Waals surface area contributed by atoms with Crippen molar-refractivity contribution < 1.29 is 9.66 Å². The number of unbranched alkanes of at least 4 members (excludes halogenated alkanes) is 6. The maximum Gasteiger partial charge on any atom is 0.177 e. The zero-order valence-electron chi connectivity index (χ0n) is 15.0. The van der Waals surface area contributed by atoms with Gasteiger partial charge in [0.15, 0.2) is 6.54 Å². The quantitative estimate of drug-likeness (QED) is 0.174. The van der Waals surface area contributed by atoms with E-state index in [4.69, 9.17) is 0 Å². The maximum absolute atomic E-state index is 11.7. The average Bonchev–Trinajstić information content (AvgIpc) is 2.48. The fourth-order valence-electron chi connectivity index (χ4n) is 2.42. The van der Waals surface area contributed by atoms with Gasteiger partial charge in [0.25, 0.3) is 0 Å². The van der Waals surface area contributed by atoms with E-state index >= 15 is 0 Å². The first-order valence-electron chi connectivity index (χ1n) is 9.20. The lowest BCUT2D eigenvalue weighted by atomic mass is 10.0. The minimum absolute atomic E-state index is 0.430. The first kappa shape index (κ1) is 21.1. The monoisotopic (exact) mass is 312 g/mol. The molecule has 0 spiro atoms. The molecule has 4 heteroatoms. The second-order valence-electron chi connectivity index (χ2n) is 6.58. The van der Waals surface area contributed by atoms with Crippen LogP contribution in [0.1, 0.15) is 91.4 Å². The molecule has 0 rings (SSSR count). The molecule has 0 radical (unpaired) electrons. The van der Waals surface area contributed by atoms with E-state index in [1.54, 1.807) is 6.92 Å². The highest BCUT2D eigenvalue weighted by Gasteiger charge is 2.02. The molecule has 130 valence electrons. The lowest BCUT2D eigenvalue weighted by Gasteiger charge is -2.04. The third-order valence-electron chi connectivity index (χ3n) is 3.88. The van der Waals surface area contributed by atoms with E-state index in [-0.39, 0.29) is 0 Å². The molecule has 0 aliphatic heterocycles. The fraction of sp³-hybridized carbons (Fsp3) is 0.944. The van der Waals surface area contributed by atoms with Crippen LogP contribution in [0.4, 0.5) is 0 Å². The molecule has 0 amide bonds. The molecule has 0 fully saturated rings. The highest BCUT2D eigenvalue weighted by atomic mass is 16.5. The molecular formula is C18H36N2O2. The summed E-state index contributed by atoms with van der Waals surface area (Å²) in [6.07, 6.45) is 11.7. The highest BCUT2D eigenvalue weighted by molar-refractivity contribution is 5.78. The van der Waals surface area contributed by atoms with Crippen molar-refractivity contribution in [3.05, 3.63) is 5.21 Å². The van der Waals surface area contributed by atoms with Gasteiger partial charge in [-0.1, -0.05) is 57.2 Å². The minimum Gasteiger partial charge on any atom is -0.600 e. The van der Waals surface area contributed by atoms with Crippen LogP contribution in [0, 0.1) is 11.1 Å². The van der Waals surface area contributed by atoms with E-state index in [1.807, 2.05) is 0 Å². The molecule has 0 aromatic rings. The number of hydrogen-bond acceptors (Lipinski definition) is 3. The number of carbonyl (C=O) groups is 1. The van der Waals surface area contributed by atoms with Crippen LogP contribution in [-0.2, 0) is 4.79 Å². The Morgan fingerprint density at radius 1 is 0.955 bits per heavy atom. The Kier molecular flexibility index (Phi) is 14.4. The third kappa shape index (κ3) is 15.5. The average molecular weight is 312 g/mol. The molecule has 0 aliphatic carbocycles. The summed E-state index contributed by atoms with van der Waals surface area (Å²) in [6.45, 7) is 7.36. The molecule has 0 N–H and O–H groups in total. The minimum atomic E-state index is 0.430. The summed E-state index contributed by atoms with van der Waals surface area (Å²) in [5.74, 6) is 1.21. The van der Waals surface area contributed by atoms with E-state index in [2.05, 4.69) is 19.0 Å². The molecular weight excluding hydrogens is 276 g/mol. The number of hydroxylamine groups is 1. The molecule has 0 heterocycles. The van der Waals surface area contributed by atoms with Crippen LogP contribution in [0.15, 0.2) is 5.11 Å². The summed E-state index contributed by atoms with van der Waals surface area (Å²) >= 11 is 0. The Hall–Kier alpha value is -0.930. The lowest BCUT2D eigenvalue weighted by Crippen LogP contribution is -1.99. The maximum atomic E-state index is 11.7. The van der Waals surface area contributed by atoms with E-state index in [0.717, 1.165) is 62.1 Å². The van der Waals surface area contributed by atoms with E-state index in [0.29, 0.717) is 18.9 Å². The van der Waals surface area contributed by atoms with Gasteiger partial charge in [-0.25, -0.2) is 0 Å². The van der Waals surface area contributed by atoms with Crippen molar-refractivity contribution in [2.75, 3.05) is 13.1 Å². The molecule has 22 heavy (non-hydrogen) atoms. The van der Waals surface area contributed by atoms with Gasteiger partial charge in [0.05, 0.1) is 0 Å². The molecule has 0 aliphatic rings. The largest absolute Gasteiger partial charge is 0.600 e. The van der Waals surface area contributed by atoms with Crippen molar-refractivity contribution >= 4 is 5.78 Å². The predicted molar refractivity (Wildman–Crippen MR) is 92.1 cm³/mol. The Labute approximate surface area is 137 Å². The van der Waals surface area contributed by atoms with Crippen LogP contribution in [-0.4, -0.2) is 23.7 Å². The number of nitrogens with zero attached hydrogens (tertiary/aromatic N) is 2. The molecule has 4 nitrogen and oxygen atoms in total. The normalized spacial score (nSPS) is 12.1. The smallest absolute Gasteiger partial charge is 0.177 e. The van der Waals surface area contributed by atoms with Crippen molar-refractivity contribution in [1.82, 2.24) is 0 Å². The van der Waals surface area contributed by atoms with Crippen LogP contribution in [0.2, 0.25) is 0 Å². The van der Waals surface area contributed by atoms with Gasteiger partial charge in [-0.2, -0.15) is 0 Å². The van der Waals surface area contributed by atoms with E-state index < -0.39 is 0 Å². The molecule has 0 aromatic carbocycles. The van der Waals surface area contributed by atoms with Gasteiger partial charge in [-0.3, -0.25) is 4.79 Å². The third-order valence-corrected chi connectivity index (χ3v) is 3.88. The fourth-order valence-corrected chi connectivity index (χ4v) is 2.42.